The summed E-state index contributed by atoms with van der Waals surface area (Å²) in [5.74, 6) is 1.97. The molecule has 0 unspecified atom stereocenters. The summed E-state index contributed by atoms with van der Waals surface area (Å²) < 4.78 is 5.25. The zero-order valence-electron chi connectivity index (χ0n) is 19.2. The molecular formula is C25H29N5O2S. The number of hydrogen-bond donors (Lipinski definition) is 1. The van der Waals surface area contributed by atoms with Crippen molar-refractivity contribution in [1.29, 1.82) is 0 Å². The van der Waals surface area contributed by atoms with Gasteiger partial charge in [-0.2, -0.15) is 0 Å². The molecule has 0 atom stereocenters. The number of anilines is 3. The van der Waals surface area contributed by atoms with E-state index in [0.29, 0.717) is 5.16 Å². The second kappa shape index (κ2) is 10.6. The van der Waals surface area contributed by atoms with Crippen LogP contribution >= 0.6 is 11.8 Å². The molecule has 1 saturated heterocycles. The Balaban J connectivity index is 1.30. The Morgan fingerprint density at radius 3 is 2.45 bits per heavy atom. The molecule has 1 aromatic heterocycles. The first-order valence-electron chi connectivity index (χ1n) is 11.0. The van der Waals surface area contributed by atoms with Crippen LogP contribution in [0.15, 0.2) is 59.9 Å². The number of hydrogen-bond acceptors (Lipinski definition) is 7. The summed E-state index contributed by atoms with van der Waals surface area (Å²) in [7, 11) is 1.68. The summed E-state index contributed by atoms with van der Waals surface area (Å²) >= 11 is 1.35. The lowest BCUT2D eigenvalue weighted by atomic mass is 10.1. The Morgan fingerprint density at radius 1 is 1.03 bits per heavy atom. The van der Waals surface area contributed by atoms with Gasteiger partial charge >= 0.3 is 0 Å². The van der Waals surface area contributed by atoms with Crippen LogP contribution in [-0.2, 0) is 4.79 Å². The number of carbonyl (C=O) groups is 1. The summed E-state index contributed by atoms with van der Waals surface area (Å²) in [5.41, 5.74) is 4.27. The number of amides is 1. The van der Waals surface area contributed by atoms with Crippen molar-refractivity contribution >= 4 is 34.9 Å². The molecule has 3 aromatic rings. The maximum absolute atomic E-state index is 12.4. The van der Waals surface area contributed by atoms with Crippen molar-refractivity contribution < 1.29 is 9.53 Å². The molecule has 1 aliphatic rings. The van der Waals surface area contributed by atoms with Crippen molar-refractivity contribution in [2.75, 3.05) is 54.2 Å². The third kappa shape index (κ3) is 5.96. The summed E-state index contributed by atoms with van der Waals surface area (Å²) in [6.45, 7) is 7.61. The fourth-order valence-corrected chi connectivity index (χ4v) is 4.46. The Hall–Kier alpha value is -3.26. The summed E-state index contributed by atoms with van der Waals surface area (Å²) in [6, 6.07) is 16.1. The number of thioether (sulfide) groups is 1. The predicted molar refractivity (Wildman–Crippen MR) is 135 cm³/mol. The molecule has 1 aliphatic heterocycles. The van der Waals surface area contributed by atoms with Gasteiger partial charge in [0.25, 0.3) is 0 Å². The number of nitrogens with one attached hydrogen (secondary N) is 1. The molecule has 172 valence electrons. The van der Waals surface area contributed by atoms with Gasteiger partial charge in [-0.1, -0.05) is 29.5 Å². The summed E-state index contributed by atoms with van der Waals surface area (Å²) in [4.78, 5) is 26.1. The molecule has 1 amide bonds. The number of rotatable bonds is 7. The molecule has 0 bridgehead atoms. The van der Waals surface area contributed by atoms with Crippen LogP contribution in [0.1, 0.15) is 11.1 Å². The minimum Gasteiger partial charge on any atom is -0.497 e. The quantitative estimate of drug-likeness (QED) is 0.417. The summed E-state index contributed by atoms with van der Waals surface area (Å²) in [6.07, 6.45) is 1.77. The van der Waals surface area contributed by atoms with Gasteiger partial charge in [0, 0.05) is 43.8 Å². The highest BCUT2D eigenvalue weighted by molar-refractivity contribution is 7.99. The van der Waals surface area contributed by atoms with E-state index in [1.807, 2.05) is 44.2 Å². The molecule has 1 N–H and O–H groups in total. The number of methoxy groups -OCH3 is 1. The standard InChI is InChI=1S/C25H29N5O2S/c1-18-4-9-22(19(2)16-18)27-24(31)17-33-25-26-11-10-23(28-25)30-14-12-29(13-15-30)20-5-7-21(32-3)8-6-20/h4-11,16H,12-15,17H2,1-3H3,(H,27,31). The van der Waals surface area contributed by atoms with Crippen LogP contribution in [0.3, 0.4) is 0 Å². The van der Waals surface area contributed by atoms with E-state index in [0.717, 1.165) is 49.0 Å². The summed E-state index contributed by atoms with van der Waals surface area (Å²) in [5, 5.41) is 3.59. The SMILES string of the molecule is COc1ccc(N2CCN(c3ccnc(SCC(=O)Nc4ccc(C)cc4C)n3)CC2)cc1. The van der Waals surface area contributed by atoms with E-state index in [1.54, 1.807) is 13.3 Å². The minimum atomic E-state index is -0.0611. The van der Waals surface area contributed by atoms with Gasteiger partial charge in [0.05, 0.1) is 12.9 Å². The van der Waals surface area contributed by atoms with Gasteiger partial charge in [0.1, 0.15) is 11.6 Å². The van der Waals surface area contributed by atoms with Gasteiger partial charge in [-0.25, -0.2) is 9.97 Å². The van der Waals surface area contributed by atoms with Crippen molar-refractivity contribution in [1.82, 2.24) is 9.97 Å². The highest BCUT2D eigenvalue weighted by Crippen LogP contribution is 2.23. The molecular weight excluding hydrogens is 434 g/mol. The van der Waals surface area contributed by atoms with Crippen molar-refractivity contribution in [3.63, 3.8) is 0 Å². The zero-order chi connectivity index (χ0) is 23.2. The van der Waals surface area contributed by atoms with Gasteiger partial charge in [-0.3, -0.25) is 4.79 Å². The molecule has 0 radical (unpaired) electrons. The molecule has 2 aromatic carbocycles. The van der Waals surface area contributed by atoms with Crippen LogP contribution in [0.2, 0.25) is 0 Å². The monoisotopic (exact) mass is 463 g/mol. The highest BCUT2D eigenvalue weighted by atomic mass is 32.2. The Morgan fingerprint density at radius 2 is 1.76 bits per heavy atom. The van der Waals surface area contributed by atoms with Gasteiger partial charge in [0.15, 0.2) is 5.16 Å². The van der Waals surface area contributed by atoms with Gasteiger partial charge in [-0.05, 0) is 55.8 Å². The van der Waals surface area contributed by atoms with Crippen molar-refractivity contribution in [2.45, 2.75) is 19.0 Å². The van der Waals surface area contributed by atoms with E-state index in [2.05, 4.69) is 43.3 Å². The number of carbonyl (C=O) groups excluding carboxylic acids is 1. The fraction of sp³-hybridized carbons (Fsp3) is 0.320. The van der Waals surface area contributed by atoms with E-state index in [-0.39, 0.29) is 11.7 Å². The van der Waals surface area contributed by atoms with Crippen molar-refractivity contribution in [3.8, 4) is 5.75 Å². The maximum Gasteiger partial charge on any atom is 0.234 e. The minimum absolute atomic E-state index is 0.0611. The molecule has 4 rings (SSSR count). The van der Waals surface area contributed by atoms with Crippen LogP contribution < -0.4 is 19.9 Å². The Bertz CT molecular complexity index is 1100. The van der Waals surface area contributed by atoms with Crippen LogP contribution in [-0.4, -0.2) is 54.9 Å². The first-order chi connectivity index (χ1) is 16.0. The highest BCUT2D eigenvalue weighted by Gasteiger charge is 2.19. The Labute approximate surface area is 199 Å². The average Bonchev–Trinajstić information content (AvgIpc) is 2.85. The lowest BCUT2D eigenvalue weighted by molar-refractivity contribution is -0.113. The third-order valence-corrected chi connectivity index (χ3v) is 6.51. The Kier molecular flexibility index (Phi) is 7.34. The van der Waals surface area contributed by atoms with E-state index in [4.69, 9.17) is 4.74 Å². The number of piperazine rings is 1. The van der Waals surface area contributed by atoms with E-state index >= 15 is 0 Å². The molecule has 7 nitrogen and oxygen atoms in total. The van der Waals surface area contributed by atoms with E-state index < -0.39 is 0 Å². The number of aryl methyl sites for hydroxylation is 2. The smallest absolute Gasteiger partial charge is 0.234 e. The molecule has 0 saturated carbocycles. The van der Waals surface area contributed by atoms with Crippen molar-refractivity contribution in [3.05, 3.63) is 65.9 Å². The maximum atomic E-state index is 12.4. The zero-order valence-corrected chi connectivity index (χ0v) is 20.1. The lowest BCUT2D eigenvalue weighted by Gasteiger charge is -2.36. The topological polar surface area (TPSA) is 70.6 Å². The second-order valence-corrected chi connectivity index (χ2v) is 8.97. The third-order valence-electron chi connectivity index (χ3n) is 5.65. The number of benzene rings is 2. The van der Waals surface area contributed by atoms with Crippen LogP contribution in [0.4, 0.5) is 17.2 Å². The van der Waals surface area contributed by atoms with Gasteiger partial charge in [0.2, 0.25) is 5.91 Å². The average molecular weight is 464 g/mol. The van der Waals surface area contributed by atoms with Crippen LogP contribution in [0, 0.1) is 13.8 Å². The van der Waals surface area contributed by atoms with Crippen LogP contribution in [0.25, 0.3) is 0 Å². The fourth-order valence-electron chi connectivity index (χ4n) is 3.83. The van der Waals surface area contributed by atoms with E-state index in [1.165, 1.54) is 23.0 Å². The van der Waals surface area contributed by atoms with Gasteiger partial charge < -0.3 is 19.9 Å². The van der Waals surface area contributed by atoms with Crippen molar-refractivity contribution in [2.24, 2.45) is 0 Å². The van der Waals surface area contributed by atoms with Crippen LogP contribution in [0.5, 0.6) is 5.75 Å². The predicted octanol–water partition coefficient (Wildman–Crippen LogP) is 4.16. The number of ether oxygens (including phenoxy) is 1. The first-order valence-corrected chi connectivity index (χ1v) is 12.0. The molecule has 0 aliphatic carbocycles. The molecule has 1 fully saturated rings. The van der Waals surface area contributed by atoms with Gasteiger partial charge in [-0.15, -0.1) is 0 Å². The number of nitrogens with zero attached hydrogens (tertiary/aromatic N) is 4. The second-order valence-electron chi connectivity index (χ2n) is 8.02. The molecule has 2 heterocycles. The van der Waals surface area contributed by atoms with E-state index in [9.17, 15) is 4.79 Å². The largest absolute Gasteiger partial charge is 0.497 e. The normalized spacial score (nSPS) is 13.7. The first kappa shape index (κ1) is 22.9. The molecule has 33 heavy (non-hydrogen) atoms. The molecule has 0 spiro atoms. The lowest BCUT2D eigenvalue weighted by Crippen LogP contribution is -2.46. The molecule has 8 heteroatoms. The number of aromatic nitrogens is 2.